The number of rotatable bonds is 10. The van der Waals surface area contributed by atoms with Gasteiger partial charge in [-0.3, -0.25) is 4.79 Å². The number of nitrogens with one attached hydrogen (secondary N) is 1. The predicted molar refractivity (Wildman–Crippen MR) is 117 cm³/mol. The Hall–Kier alpha value is -2.52. The molecule has 1 aromatic carbocycles. The maximum absolute atomic E-state index is 12.6. The number of piperazine rings is 1. The molecule has 1 N–H and O–H groups in total. The predicted octanol–water partition coefficient (Wildman–Crippen LogP) is 1.46. The highest BCUT2D eigenvalue weighted by molar-refractivity contribution is 7.89. The van der Waals surface area contributed by atoms with Crippen LogP contribution in [0.15, 0.2) is 48.8 Å². The molecule has 0 radical (unpaired) electrons. The molecular formula is C21H29N5O3S. The van der Waals surface area contributed by atoms with E-state index in [0.717, 1.165) is 12.8 Å². The molecule has 1 fully saturated rings. The molecular weight excluding hydrogens is 402 g/mol. The van der Waals surface area contributed by atoms with E-state index in [4.69, 9.17) is 0 Å². The third-order valence-corrected chi connectivity index (χ3v) is 7.04. The van der Waals surface area contributed by atoms with E-state index in [2.05, 4.69) is 27.4 Å². The van der Waals surface area contributed by atoms with E-state index in [1.807, 2.05) is 23.1 Å². The minimum absolute atomic E-state index is 0.0280. The molecule has 0 unspecified atom stereocenters. The lowest BCUT2D eigenvalue weighted by atomic mass is 10.1. The van der Waals surface area contributed by atoms with Gasteiger partial charge in [-0.2, -0.15) is 4.31 Å². The SMILES string of the molecule is O=C(CCCc1ccccc1)NCCCS(=O)(=O)N1CCN(c2ncccn2)CC1. The molecule has 1 aromatic heterocycles. The van der Waals surface area contributed by atoms with Crippen LogP contribution in [0.3, 0.4) is 0 Å². The van der Waals surface area contributed by atoms with Crippen LogP contribution in [-0.4, -0.2) is 67.1 Å². The number of hydrogen-bond acceptors (Lipinski definition) is 6. The van der Waals surface area contributed by atoms with Crippen LogP contribution in [0.4, 0.5) is 5.95 Å². The van der Waals surface area contributed by atoms with Gasteiger partial charge in [0.2, 0.25) is 21.9 Å². The number of carbonyl (C=O) groups is 1. The molecule has 0 spiro atoms. The Morgan fingerprint density at radius 1 is 0.967 bits per heavy atom. The van der Waals surface area contributed by atoms with Gasteiger partial charge >= 0.3 is 0 Å². The highest BCUT2D eigenvalue weighted by Gasteiger charge is 2.27. The maximum atomic E-state index is 12.6. The van der Waals surface area contributed by atoms with Crippen molar-refractivity contribution in [1.29, 1.82) is 0 Å². The Balaban J connectivity index is 1.31. The van der Waals surface area contributed by atoms with E-state index < -0.39 is 10.0 Å². The molecule has 8 nitrogen and oxygen atoms in total. The standard InChI is InChI=1S/C21H29N5O3S/c27-20(10-4-9-19-7-2-1-3-8-19)22-13-6-18-30(28,29)26-16-14-25(15-17-26)21-23-11-5-12-24-21/h1-3,5,7-8,11-12H,4,6,9-10,13-18H2,(H,22,27). The Bertz CT molecular complexity index is 885. The van der Waals surface area contributed by atoms with Crippen LogP contribution in [0, 0.1) is 0 Å². The summed E-state index contributed by atoms with van der Waals surface area (Å²) in [7, 11) is -3.33. The van der Waals surface area contributed by atoms with Gasteiger partial charge in [-0.15, -0.1) is 0 Å². The lowest BCUT2D eigenvalue weighted by Gasteiger charge is -2.33. The van der Waals surface area contributed by atoms with Crippen LogP contribution in [0.25, 0.3) is 0 Å². The van der Waals surface area contributed by atoms with E-state index in [1.165, 1.54) is 9.87 Å². The second-order valence-corrected chi connectivity index (χ2v) is 9.38. The van der Waals surface area contributed by atoms with Gasteiger partial charge in [-0.05, 0) is 30.9 Å². The Morgan fingerprint density at radius 3 is 2.37 bits per heavy atom. The zero-order valence-corrected chi connectivity index (χ0v) is 17.9. The van der Waals surface area contributed by atoms with E-state index in [1.54, 1.807) is 18.5 Å². The molecule has 162 valence electrons. The molecule has 0 aliphatic carbocycles. The average molecular weight is 432 g/mol. The molecule has 0 atom stereocenters. The lowest BCUT2D eigenvalue weighted by molar-refractivity contribution is -0.121. The minimum Gasteiger partial charge on any atom is -0.356 e. The molecule has 1 saturated heterocycles. The van der Waals surface area contributed by atoms with Crippen molar-refractivity contribution in [3.8, 4) is 0 Å². The number of sulfonamides is 1. The van der Waals surface area contributed by atoms with E-state index in [-0.39, 0.29) is 11.7 Å². The summed E-state index contributed by atoms with van der Waals surface area (Å²) in [5, 5.41) is 2.83. The Labute approximate surface area is 178 Å². The summed E-state index contributed by atoms with van der Waals surface area (Å²) in [4.78, 5) is 22.4. The van der Waals surface area contributed by atoms with Crippen LogP contribution < -0.4 is 10.2 Å². The van der Waals surface area contributed by atoms with E-state index >= 15 is 0 Å². The van der Waals surface area contributed by atoms with Crippen LogP contribution >= 0.6 is 0 Å². The number of aryl methyl sites for hydroxylation is 1. The zero-order chi connectivity index (χ0) is 21.2. The van der Waals surface area contributed by atoms with Gasteiger partial charge < -0.3 is 10.2 Å². The van der Waals surface area contributed by atoms with Crippen molar-refractivity contribution in [3.63, 3.8) is 0 Å². The first kappa shape index (κ1) is 22.2. The molecule has 0 saturated carbocycles. The third-order valence-electron chi connectivity index (χ3n) is 5.08. The maximum Gasteiger partial charge on any atom is 0.225 e. The van der Waals surface area contributed by atoms with E-state index in [0.29, 0.717) is 51.5 Å². The summed E-state index contributed by atoms with van der Waals surface area (Å²) >= 11 is 0. The van der Waals surface area contributed by atoms with Gasteiger partial charge in [0.25, 0.3) is 0 Å². The monoisotopic (exact) mass is 431 g/mol. The fraction of sp³-hybridized carbons (Fsp3) is 0.476. The summed E-state index contributed by atoms with van der Waals surface area (Å²) in [5.41, 5.74) is 1.22. The first-order valence-corrected chi connectivity index (χ1v) is 12.0. The minimum atomic E-state index is -3.33. The van der Waals surface area contributed by atoms with Gasteiger partial charge in [0.15, 0.2) is 0 Å². The number of anilines is 1. The molecule has 1 aliphatic heterocycles. The normalized spacial score (nSPS) is 15.1. The molecule has 2 heterocycles. The van der Waals surface area contributed by atoms with Crippen molar-refractivity contribution in [2.24, 2.45) is 0 Å². The number of carbonyl (C=O) groups excluding carboxylic acids is 1. The van der Waals surface area contributed by atoms with Gasteiger partial charge in [-0.25, -0.2) is 18.4 Å². The first-order valence-electron chi connectivity index (χ1n) is 10.3. The molecule has 30 heavy (non-hydrogen) atoms. The van der Waals surface area contributed by atoms with Crippen LogP contribution in [0.1, 0.15) is 24.8 Å². The highest BCUT2D eigenvalue weighted by Crippen LogP contribution is 2.13. The molecule has 3 rings (SSSR count). The topological polar surface area (TPSA) is 95.5 Å². The zero-order valence-electron chi connectivity index (χ0n) is 17.1. The van der Waals surface area contributed by atoms with Gasteiger partial charge in [0, 0.05) is 51.5 Å². The summed E-state index contributed by atoms with van der Waals surface area (Å²) in [6.07, 6.45) is 5.87. The van der Waals surface area contributed by atoms with Crippen molar-refractivity contribution in [3.05, 3.63) is 54.4 Å². The lowest BCUT2D eigenvalue weighted by Crippen LogP contribution is -2.49. The Kier molecular flexibility index (Phi) is 8.15. The summed E-state index contributed by atoms with van der Waals surface area (Å²) < 4.78 is 26.7. The summed E-state index contributed by atoms with van der Waals surface area (Å²) in [6, 6.07) is 11.8. The summed E-state index contributed by atoms with van der Waals surface area (Å²) in [6.45, 7) is 2.36. The molecule has 9 heteroatoms. The smallest absolute Gasteiger partial charge is 0.225 e. The quantitative estimate of drug-likeness (QED) is 0.572. The fourth-order valence-corrected chi connectivity index (χ4v) is 4.91. The van der Waals surface area contributed by atoms with E-state index in [9.17, 15) is 13.2 Å². The third kappa shape index (κ3) is 6.77. The molecule has 0 bridgehead atoms. The first-order chi connectivity index (χ1) is 14.5. The van der Waals surface area contributed by atoms with Crippen molar-refractivity contribution >= 4 is 21.9 Å². The number of hydrogen-bond donors (Lipinski definition) is 1. The molecule has 1 aliphatic rings. The van der Waals surface area contributed by atoms with Gasteiger partial charge in [0.1, 0.15) is 0 Å². The van der Waals surface area contributed by atoms with Crippen LogP contribution in [0.2, 0.25) is 0 Å². The number of benzene rings is 1. The van der Waals surface area contributed by atoms with Crippen LogP contribution in [-0.2, 0) is 21.2 Å². The fourth-order valence-electron chi connectivity index (χ4n) is 3.42. The van der Waals surface area contributed by atoms with Gasteiger partial charge in [-0.1, -0.05) is 30.3 Å². The molecule has 1 amide bonds. The van der Waals surface area contributed by atoms with Crippen molar-refractivity contribution < 1.29 is 13.2 Å². The number of nitrogens with zero attached hydrogens (tertiary/aromatic N) is 4. The largest absolute Gasteiger partial charge is 0.356 e. The van der Waals surface area contributed by atoms with Gasteiger partial charge in [0.05, 0.1) is 5.75 Å². The second kappa shape index (κ2) is 11.0. The number of aromatic nitrogens is 2. The summed E-state index contributed by atoms with van der Waals surface area (Å²) in [5.74, 6) is 0.642. The number of amides is 1. The van der Waals surface area contributed by atoms with Crippen molar-refractivity contribution in [1.82, 2.24) is 19.6 Å². The average Bonchev–Trinajstić information content (AvgIpc) is 2.78. The van der Waals surface area contributed by atoms with Crippen molar-refractivity contribution in [2.75, 3.05) is 43.4 Å². The molecule has 2 aromatic rings. The van der Waals surface area contributed by atoms with Crippen LogP contribution in [0.5, 0.6) is 0 Å². The second-order valence-electron chi connectivity index (χ2n) is 7.29. The highest BCUT2D eigenvalue weighted by atomic mass is 32.2. The van der Waals surface area contributed by atoms with Crippen molar-refractivity contribution in [2.45, 2.75) is 25.7 Å². The Morgan fingerprint density at radius 2 is 1.67 bits per heavy atom.